The van der Waals surface area contributed by atoms with Crippen LogP contribution in [-0.4, -0.2) is 54.4 Å². The van der Waals surface area contributed by atoms with Crippen LogP contribution in [0, 0.1) is 0 Å². The number of ether oxygens (including phenoxy) is 3. The molecule has 2 bridgehead atoms. The Labute approximate surface area is 253 Å². The van der Waals surface area contributed by atoms with Gasteiger partial charge in [-0.1, -0.05) is 76.5 Å². The first-order valence-electron chi connectivity index (χ1n) is 16.8. The van der Waals surface area contributed by atoms with Crippen molar-refractivity contribution in [3.63, 3.8) is 0 Å². The fraction of sp³-hybridized carbons (Fsp3) is 0.694. The smallest absolute Gasteiger partial charge is 0.310 e. The first kappa shape index (κ1) is 31.1. The summed E-state index contributed by atoms with van der Waals surface area (Å²) in [6.07, 6.45) is 24.5. The molecule has 1 saturated heterocycles. The van der Waals surface area contributed by atoms with Gasteiger partial charge in [-0.25, -0.2) is 0 Å². The maximum Gasteiger partial charge on any atom is 0.310 e. The summed E-state index contributed by atoms with van der Waals surface area (Å²) in [5, 5.41) is 12.3. The first-order chi connectivity index (χ1) is 20.5. The fourth-order valence-corrected chi connectivity index (χ4v) is 8.11. The Balaban J connectivity index is 1.07. The number of benzene rings is 1. The lowest BCUT2D eigenvalue weighted by atomic mass is 9.50. The second kappa shape index (κ2) is 14.0. The predicted octanol–water partition coefficient (Wildman–Crippen LogP) is 7.55. The molecule has 6 heteroatoms. The molecule has 2 aliphatic heterocycles. The van der Waals surface area contributed by atoms with Crippen molar-refractivity contribution in [2.24, 2.45) is 0 Å². The van der Waals surface area contributed by atoms with Crippen molar-refractivity contribution in [1.29, 1.82) is 0 Å². The lowest BCUT2D eigenvalue weighted by Crippen LogP contribution is -2.74. The molecule has 0 amide bonds. The molecule has 4 unspecified atom stereocenters. The van der Waals surface area contributed by atoms with Crippen molar-refractivity contribution in [3.8, 4) is 11.5 Å². The highest BCUT2D eigenvalue weighted by atomic mass is 16.6. The zero-order valence-electron chi connectivity index (χ0n) is 26.3. The Kier molecular flexibility index (Phi) is 10.4. The lowest BCUT2D eigenvalue weighted by molar-refractivity contribution is -0.169. The van der Waals surface area contributed by atoms with Crippen LogP contribution in [0.2, 0.25) is 0 Å². The van der Waals surface area contributed by atoms with Crippen LogP contribution in [-0.2, 0) is 21.4 Å². The number of hydrogen-bond acceptors (Lipinski definition) is 6. The van der Waals surface area contributed by atoms with Gasteiger partial charge in [0.25, 0.3) is 0 Å². The molecule has 4 aliphatic rings. The van der Waals surface area contributed by atoms with Crippen LogP contribution in [0.25, 0.3) is 0 Å². The molecule has 4 atom stereocenters. The van der Waals surface area contributed by atoms with Crippen LogP contribution in [0.1, 0.15) is 121 Å². The van der Waals surface area contributed by atoms with E-state index in [-0.39, 0.29) is 12.0 Å². The van der Waals surface area contributed by atoms with Gasteiger partial charge in [-0.3, -0.25) is 4.79 Å². The van der Waals surface area contributed by atoms with Gasteiger partial charge in [-0.05, 0) is 76.2 Å². The molecular formula is C36H53NO5. The Bertz CT molecular complexity index is 1140. The highest BCUT2D eigenvalue weighted by molar-refractivity contribution is 5.72. The van der Waals surface area contributed by atoms with Crippen LogP contribution < -0.4 is 9.47 Å². The van der Waals surface area contributed by atoms with Crippen molar-refractivity contribution < 1.29 is 24.1 Å². The molecule has 0 radical (unpaired) electrons. The third-order valence-electron chi connectivity index (χ3n) is 10.4. The summed E-state index contributed by atoms with van der Waals surface area (Å²) in [5.41, 5.74) is 0.664. The molecular weight excluding hydrogens is 526 g/mol. The average Bonchev–Trinajstić information content (AvgIpc) is 3.34. The Morgan fingerprint density at radius 1 is 1.05 bits per heavy atom. The largest absolute Gasteiger partial charge is 0.493 e. The topological polar surface area (TPSA) is 68.2 Å². The molecule has 0 aromatic heterocycles. The second-order valence-corrected chi connectivity index (χ2v) is 13.1. The van der Waals surface area contributed by atoms with E-state index < -0.39 is 17.1 Å². The third-order valence-corrected chi connectivity index (χ3v) is 10.4. The van der Waals surface area contributed by atoms with Gasteiger partial charge in [0, 0.05) is 24.4 Å². The van der Waals surface area contributed by atoms with Gasteiger partial charge >= 0.3 is 5.97 Å². The van der Waals surface area contributed by atoms with E-state index >= 15 is 0 Å². The van der Waals surface area contributed by atoms with E-state index in [1.807, 2.05) is 12.1 Å². The van der Waals surface area contributed by atoms with Crippen LogP contribution in [0.3, 0.4) is 0 Å². The SMILES string of the molecule is CCCCCCCCC=CCCCCCCCC(=O)OC1=CCC2(O)C3Cc4ccc(OC)c5c4C2(CCN3C)C1O5. The summed E-state index contributed by atoms with van der Waals surface area (Å²) in [6.45, 7) is 3.13. The number of unbranched alkanes of at least 4 members (excludes halogenated alkanes) is 11. The van der Waals surface area contributed by atoms with Crippen molar-refractivity contribution >= 4 is 5.97 Å². The molecule has 0 saturated carbocycles. The number of hydrogen-bond donors (Lipinski definition) is 1. The molecule has 1 fully saturated rings. The minimum absolute atomic E-state index is 0.00601. The number of methoxy groups -OCH3 is 1. The standard InChI is InChI=1S/C36H53NO5/c1-4-5-6-7-8-9-10-11-12-13-14-15-16-17-18-19-31(38)41-29-22-23-36(39)30-26-27-20-21-28(40-3)33-32(27)35(36,34(29)42-33)24-25-37(30)2/h11-12,20-22,30,34,39H,4-10,13-19,23-26H2,1-3H3. The Hall–Kier alpha value is -2.31. The molecule has 5 rings (SSSR count). The van der Waals surface area contributed by atoms with Crippen molar-refractivity contribution in [1.82, 2.24) is 4.90 Å². The van der Waals surface area contributed by atoms with Gasteiger partial charge in [0.15, 0.2) is 17.6 Å². The number of piperidine rings is 1. The summed E-state index contributed by atoms with van der Waals surface area (Å²) in [5.74, 6) is 1.75. The van der Waals surface area contributed by atoms with E-state index in [4.69, 9.17) is 14.2 Å². The molecule has 232 valence electrons. The molecule has 2 aliphatic carbocycles. The zero-order chi connectivity index (χ0) is 29.6. The number of esters is 1. The van der Waals surface area contributed by atoms with Crippen LogP contribution in [0.4, 0.5) is 0 Å². The van der Waals surface area contributed by atoms with Gasteiger partial charge in [0.05, 0.1) is 18.1 Å². The van der Waals surface area contributed by atoms with Crippen LogP contribution in [0.15, 0.2) is 36.1 Å². The van der Waals surface area contributed by atoms with Crippen molar-refractivity contribution in [2.45, 2.75) is 139 Å². The summed E-state index contributed by atoms with van der Waals surface area (Å²) in [7, 11) is 3.75. The molecule has 42 heavy (non-hydrogen) atoms. The van der Waals surface area contributed by atoms with Crippen molar-refractivity contribution in [2.75, 3.05) is 20.7 Å². The maximum atomic E-state index is 13.0. The fourth-order valence-electron chi connectivity index (χ4n) is 8.11. The number of rotatable bonds is 17. The zero-order valence-corrected chi connectivity index (χ0v) is 26.3. The van der Waals surface area contributed by atoms with Gasteiger partial charge in [-0.15, -0.1) is 0 Å². The maximum absolute atomic E-state index is 13.0. The number of likely N-dealkylation sites (tertiary alicyclic amines) is 1. The number of carbonyl (C=O) groups is 1. The first-order valence-corrected chi connectivity index (χ1v) is 16.8. The Morgan fingerprint density at radius 2 is 1.74 bits per heavy atom. The van der Waals surface area contributed by atoms with E-state index in [1.54, 1.807) is 7.11 Å². The van der Waals surface area contributed by atoms with Gasteiger partial charge in [-0.2, -0.15) is 0 Å². The Morgan fingerprint density at radius 3 is 2.45 bits per heavy atom. The summed E-state index contributed by atoms with van der Waals surface area (Å²) in [4.78, 5) is 15.3. The molecule has 1 spiro atoms. The summed E-state index contributed by atoms with van der Waals surface area (Å²) < 4.78 is 18.3. The number of carbonyl (C=O) groups excluding carboxylic acids is 1. The highest BCUT2D eigenvalue weighted by Crippen LogP contribution is 2.65. The quantitative estimate of drug-likeness (QED) is 0.117. The minimum Gasteiger partial charge on any atom is -0.493 e. The summed E-state index contributed by atoms with van der Waals surface area (Å²) >= 11 is 0. The summed E-state index contributed by atoms with van der Waals surface area (Å²) in [6, 6.07) is 4.08. The van der Waals surface area contributed by atoms with Crippen molar-refractivity contribution in [3.05, 3.63) is 47.2 Å². The van der Waals surface area contributed by atoms with Gasteiger partial charge in [0.2, 0.25) is 0 Å². The molecule has 2 heterocycles. The molecule has 1 N–H and O–H groups in total. The predicted molar refractivity (Wildman–Crippen MR) is 167 cm³/mol. The minimum atomic E-state index is -0.978. The van der Waals surface area contributed by atoms with E-state index in [2.05, 4.69) is 37.1 Å². The number of aliphatic hydroxyl groups is 1. The van der Waals surface area contributed by atoms with Gasteiger partial charge in [0.1, 0.15) is 5.76 Å². The number of likely N-dealkylation sites (N-methyl/N-ethyl adjacent to an activating group) is 1. The molecule has 1 aromatic carbocycles. The number of nitrogens with zero attached hydrogens (tertiary/aromatic N) is 1. The highest BCUT2D eigenvalue weighted by Gasteiger charge is 2.72. The van der Waals surface area contributed by atoms with E-state index in [9.17, 15) is 9.90 Å². The van der Waals surface area contributed by atoms with E-state index in [0.29, 0.717) is 30.1 Å². The third kappa shape index (κ3) is 5.91. The molecule has 1 aromatic rings. The number of allylic oxidation sites excluding steroid dienone is 2. The van der Waals surface area contributed by atoms with Gasteiger partial charge < -0.3 is 24.2 Å². The molecule has 6 nitrogen and oxygen atoms in total. The normalized spacial score (nSPS) is 27.5. The monoisotopic (exact) mass is 579 g/mol. The lowest BCUT2D eigenvalue weighted by Gasteiger charge is -2.61. The van der Waals surface area contributed by atoms with Crippen LogP contribution in [0.5, 0.6) is 11.5 Å². The second-order valence-electron chi connectivity index (χ2n) is 13.1. The van der Waals surface area contributed by atoms with E-state index in [0.717, 1.165) is 50.6 Å². The van der Waals surface area contributed by atoms with E-state index in [1.165, 1.54) is 63.4 Å². The average molecular weight is 580 g/mol. The van der Waals surface area contributed by atoms with Crippen LogP contribution >= 0.6 is 0 Å².